The van der Waals surface area contributed by atoms with Gasteiger partial charge in [0.15, 0.2) is 0 Å². The Hall–Kier alpha value is -1.22. The van der Waals surface area contributed by atoms with Crippen LogP contribution >= 0.6 is 11.3 Å². The van der Waals surface area contributed by atoms with Gasteiger partial charge in [0.2, 0.25) is 0 Å². The van der Waals surface area contributed by atoms with E-state index < -0.39 is 36.1 Å². The van der Waals surface area contributed by atoms with E-state index in [1.54, 1.807) is 17.5 Å². The van der Waals surface area contributed by atoms with Gasteiger partial charge in [0.05, 0.1) is 11.2 Å². The number of nitrogens with two attached hydrogens (primary N) is 1. The van der Waals surface area contributed by atoms with Crippen molar-refractivity contribution in [1.29, 1.82) is 0 Å². The molecule has 0 spiro atoms. The van der Waals surface area contributed by atoms with Crippen molar-refractivity contribution in [2.75, 3.05) is 0 Å². The lowest BCUT2D eigenvalue weighted by Crippen LogP contribution is -2.41. The highest BCUT2D eigenvalue weighted by molar-refractivity contribution is 7.11. The number of carboxylic acids is 1. The summed E-state index contributed by atoms with van der Waals surface area (Å²) in [5, 5.41) is 10.8. The number of hydrogen-bond acceptors (Lipinski definition) is 5. The van der Waals surface area contributed by atoms with Crippen molar-refractivity contribution in [1.82, 2.24) is 0 Å². The summed E-state index contributed by atoms with van der Waals surface area (Å²) in [7, 11) is -1.17. The fourth-order valence-electron chi connectivity index (χ4n) is 2.16. The molecule has 1 aromatic rings. The van der Waals surface area contributed by atoms with E-state index in [1.807, 2.05) is 27.7 Å². The fraction of sp³-hybridized carbons (Fsp3) is 0.533. The molecule has 1 saturated heterocycles. The van der Waals surface area contributed by atoms with E-state index in [9.17, 15) is 4.79 Å². The molecular weight excluding hydrogens is 320 g/mol. The molecule has 3 N–H and O–H groups in total. The summed E-state index contributed by atoms with van der Waals surface area (Å²) in [5.74, 6) is -1.18. The second kappa shape index (κ2) is 6.35. The topological polar surface area (TPSA) is 81.8 Å². The summed E-state index contributed by atoms with van der Waals surface area (Å²) >= 11 is 1.31. The molecule has 0 aliphatic carbocycles. The van der Waals surface area contributed by atoms with Crippen molar-refractivity contribution < 1.29 is 23.6 Å². The minimum Gasteiger partial charge on any atom is -0.480 e. The van der Waals surface area contributed by atoms with Gasteiger partial charge in [-0.15, -0.1) is 11.3 Å². The molecule has 1 aliphatic rings. The van der Waals surface area contributed by atoms with Crippen LogP contribution in [0.25, 0.3) is 5.57 Å². The maximum absolute atomic E-state index is 15.0. The van der Waals surface area contributed by atoms with Crippen LogP contribution in [0.5, 0.6) is 0 Å². The van der Waals surface area contributed by atoms with Gasteiger partial charge >= 0.3 is 13.1 Å². The van der Waals surface area contributed by atoms with Crippen LogP contribution in [0.3, 0.4) is 0 Å². The van der Waals surface area contributed by atoms with Crippen molar-refractivity contribution in [2.45, 2.75) is 51.4 Å². The van der Waals surface area contributed by atoms with Crippen molar-refractivity contribution in [3.05, 3.63) is 28.1 Å². The number of aliphatic carboxylic acids is 1. The lowest BCUT2D eigenvalue weighted by Gasteiger charge is -2.32. The molecule has 1 atom stereocenters. The SMILES string of the molecule is CC1(C)OB(C(F)=C(CC(N)C(=O)O)c2cccs2)OC1(C)C. The Bertz CT molecular complexity index is 599. The molecular formula is C15H21BFNO4S. The number of halogens is 1. The second-order valence-electron chi connectivity index (χ2n) is 6.54. The fourth-order valence-corrected chi connectivity index (χ4v) is 2.95. The first-order valence-electron chi connectivity index (χ1n) is 7.31. The van der Waals surface area contributed by atoms with Crippen LogP contribution in [0.1, 0.15) is 39.0 Å². The smallest absolute Gasteiger partial charge is 0.480 e. The molecule has 0 saturated carbocycles. The molecule has 0 amide bonds. The molecule has 0 bridgehead atoms. The highest BCUT2D eigenvalue weighted by Crippen LogP contribution is 2.41. The first-order chi connectivity index (χ1) is 10.5. The van der Waals surface area contributed by atoms with Gasteiger partial charge in [-0.25, -0.2) is 4.39 Å². The molecule has 1 fully saturated rings. The molecule has 1 aliphatic heterocycles. The van der Waals surface area contributed by atoms with Gasteiger partial charge < -0.3 is 20.1 Å². The summed E-state index contributed by atoms with van der Waals surface area (Å²) < 4.78 is 26.5. The van der Waals surface area contributed by atoms with E-state index in [2.05, 4.69) is 0 Å². The van der Waals surface area contributed by atoms with E-state index in [0.29, 0.717) is 4.88 Å². The minimum atomic E-state index is -1.19. The van der Waals surface area contributed by atoms with Crippen LogP contribution in [0.4, 0.5) is 4.39 Å². The van der Waals surface area contributed by atoms with Gasteiger partial charge in [0.1, 0.15) is 11.8 Å². The van der Waals surface area contributed by atoms with E-state index in [1.165, 1.54) is 11.3 Å². The Morgan fingerprint density at radius 1 is 1.39 bits per heavy atom. The Labute approximate surface area is 139 Å². The molecule has 2 heterocycles. The van der Waals surface area contributed by atoms with Crippen molar-refractivity contribution in [2.24, 2.45) is 5.73 Å². The zero-order valence-electron chi connectivity index (χ0n) is 13.6. The molecule has 23 heavy (non-hydrogen) atoms. The summed E-state index contributed by atoms with van der Waals surface area (Å²) in [6.45, 7) is 7.31. The molecule has 1 unspecified atom stereocenters. The molecule has 126 valence electrons. The number of rotatable bonds is 5. The number of thiophene rings is 1. The third kappa shape index (κ3) is 3.66. The third-order valence-electron chi connectivity index (χ3n) is 4.31. The minimum absolute atomic E-state index is 0.133. The Morgan fingerprint density at radius 3 is 2.39 bits per heavy atom. The van der Waals surface area contributed by atoms with Gasteiger partial charge in [-0.05, 0) is 44.7 Å². The van der Waals surface area contributed by atoms with Crippen molar-refractivity contribution in [3.8, 4) is 0 Å². The lowest BCUT2D eigenvalue weighted by molar-refractivity contribution is -0.138. The highest BCUT2D eigenvalue weighted by atomic mass is 32.1. The maximum Gasteiger partial charge on any atom is 0.525 e. The molecule has 0 radical (unpaired) electrons. The average molecular weight is 341 g/mol. The first kappa shape index (κ1) is 18.1. The second-order valence-corrected chi connectivity index (χ2v) is 7.49. The van der Waals surface area contributed by atoms with Crippen LogP contribution in [0.15, 0.2) is 23.2 Å². The predicted molar refractivity (Wildman–Crippen MR) is 88.7 cm³/mol. The summed E-state index contributed by atoms with van der Waals surface area (Å²) in [6, 6.07) is 2.30. The van der Waals surface area contributed by atoms with Gasteiger partial charge in [0, 0.05) is 11.3 Å². The third-order valence-corrected chi connectivity index (χ3v) is 5.24. The Kier molecular flexibility index (Phi) is 5.01. The number of carboxylic acid groups (broad SMARTS) is 1. The zero-order chi connectivity index (χ0) is 17.4. The Balaban J connectivity index is 2.37. The molecule has 2 rings (SSSR count). The zero-order valence-corrected chi connectivity index (χ0v) is 14.4. The average Bonchev–Trinajstić information content (AvgIpc) is 3.02. The van der Waals surface area contributed by atoms with Crippen LogP contribution in [-0.4, -0.2) is 35.4 Å². The summed E-state index contributed by atoms with van der Waals surface area (Å²) in [5.41, 5.74) is 3.83. The van der Waals surface area contributed by atoms with E-state index in [4.69, 9.17) is 20.1 Å². The van der Waals surface area contributed by atoms with E-state index in [0.717, 1.165) is 0 Å². The van der Waals surface area contributed by atoms with E-state index in [-0.39, 0.29) is 12.0 Å². The van der Waals surface area contributed by atoms with Gasteiger partial charge in [-0.1, -0.05) is 6.07 Å². The van der Waals surface area contributed by atoms with Crippen LogP contribution in [-0.2, 0) is 14.1 Å². The highest BCUT2D eigenvalue weighted by Gasteiger charge is 2.53. The number of hydrogen-bond donors (Lipinski definition) is 2. The number of carbonyl (C=O) groups is 1. The summed E-state index contributed by atoms with van der Waals surface area (Å²) in [4.78, 5) is 11.6. The molecule has 5 nitrogen and oxygen atoms in total. The molecule has 1 aromatic heterocycles. The van der Waals surface area contributed by atoms with Crippen LogP contribution < -0.4 is 5.73 Å². The van der Waals surface area contributed by atoms with E-state index >= 15 is 4.39 Å². The van der Waals surface area contributed by atoms with Crippen molar-refractivity contribution in [3.63, 3.8) is 0 Å². The van der Waals surface area contributed by atoms with Gasteiger partial charge in [-0.2, -0.15) is 0 Å². The van der Waals surface area contributed by atoms with Crippen LogP contribution in [0.2, 0.25) is 0 Å². The standard InChI is InChI=1S/C15H21BFNO4S/c1-14(2)15(3,4)22-16(21-14)12(17)9(8-10(18)13(19)20)11-6-5-7-23-11/h5-7,10H,8,18H2,1-4H3,(H,19,20). The van der Waals surface area contributed by atoms with Gasteiger partial charge in [0.25, 0.3) is 0 Å². The predicted octanol–water partition coefficient (Wildman–Crippen LogP) is 2.86. The van der Waals surface area contributed by atoms with Crippen molar-refractivity contribution >= 4 is 30.0 Å². The molecule has 8 heteroatoms. The maximum atomic E-state index is 15.0. The monoisotopic (exact) mass is 341 g/mol. The Morgan fingerprint density at radius 2 is 1.96 bits per heavy atom. The summed E-state index contributed by atoms with van der Waals surface area (Å²) in [6.07, 6.45) is -0.133. The van der Waals surface area contributed by atoms with Gasteiger partial charge in [-0.3, -0.25) is 4.79 Å². The first-order valence-corrected chi connectivity index (χ1v) is 8.19. The normalized spacial score (nSPS) is 21.9. The largest absolute Gasteiger partial charge is 0.525 e. The molecule has 0 aromatic carbocycles. The quantitative estimate of drug-likeness (QED) is 0.805. The van der Waals surface area contributed by atoms with Crippen LogP contribution in [0, 0.1) is 0 Å². The lowest BCUT2D eigenvalue weighted by atomic mass is 9.82.